The Labute approximate surface area is 361 Å². The average molecular weight is 855 g/mol. The largest absolute Gasteiger partial charge is 0.481 e. The van der Waals surface area contributed by atoms with E-state index in [1.807, 2.05) is 132 Å². The zero-order valence-corrected chi connectivity index (χ0v) is 33.5. The topological polar surface area (TPSA) is 52.8 Å². The van der Waals surface area contributed by atoms with Crippen molar-refractivity contribution in [2.24, 2.45) is 0 Å². The third kappa shape index (κ3) is 6.71. The second-order valence-corrected chi connectivity index (χ2v) is 15.7. The van der Waals surface area contributed by atoms with Gasteiger partial charge in [0, 0.05) is 44.7 Å². The maximum absolute atomic E-state index is 14.6. The molecule has 0 radical (unpaired) electrons. The van der Waals surface area contributed by atoms with Gasteiger partial charge in [0.05, 0.1) is 27.9 Å². The van der Waals surface area contributed by atoms with Gasteiger partial charge in [-0.25, -0.2) is 15.0 Å². The molecule has 6 aromatic carbocycles. The molecule has 2 aromatic heterocycles. The third-order valence-corrected chi connectivity index (χ3v) is 11.9. The first-order valence-electron chi connectivity index (χ1n) is 20.5. The molecule has 312 valence electrons. The molecule has 2 aliphatic carbocycles. The highest BCUT2D eigenvalue weighted by atomic mass is 19.4. The number of rotatable bonds is 5. The SMILES string of the molecule is FC(F)(F)c1ccc(-c2ccc3c4ccccc4n(C4=C(c5nc(-c6ccccc6)nc(-c6ccccc6)n5)CC(=c5cccc6c5=C5C=CC=CC5O6)C=C4)c3c2)c(C(F)(F)F)c1. The summed E-state index contributed by atoms with van der Waals surface area (Å²) < 4.78 is 93.5. The predicted octanol–water partition coefficient (Wildman–Crippen LogP) is 12.2. The van der Waals surface area contributed by atoms with Crippen LogP contribution in [0.15, 0.2) is 176 Å². The lowest BCUT2D eigenvalue weighted by Gasteiger charge is -2.21. The van der Waals surface area contributed by atoms with Gasteiger partial charge in [0.25, 0.3) is 0 Å². The summed E-state index contributed by atoms with van der Waals surface area (Å²) in [5.41, 5.74) is 3.19. The van der Waals surface area contributed by atoms with E-state index in [1.54, 1.807) is 12.1 Å². The molecule has 64 heavy (non-hydrogen) atoms. The van der Waals surface area contributed by atoms with Gasteiger partial charge in [-0.3, -0.25) is 0 Å². The van der Waals surface area contributed by atoms with Gasteiger partial charge >= 0.3 is 12.4 Å². The summed E-state index contributed by atoms with van der Waals surface area (Å²) in [4.78, 5) is 15.3. The molecule has 0 spiro atoms. The van der Waals surface area contributed by atoms with E-state index in [2.05, 4.69) is 12.1 Å². The van der Waals surface area contributed by atoms with Gasteiger partial charge in [0.1, 0.15) is 11.9 Å². The first-order chi connectivity index (χ1) is 31.0. The number of hydrogen-bond donors (Lipinski definition) is 0. The molecule has 1 atom stereocenters. The Morgan fingerprint density at radius 2 is 1.25 bits per heavy atom. The first kappa shape index (κ1) is 39.1. The van der Waals surface area contributed by atoms with Crippen LogP contribution in [0.4, 0.5) is 26.3 Å². The summed E-state index contributed by atoms with van der Waals surface area (Å²) in [6, 6.07) is 39.5. The summed E-state index contributed by atoms with van der Waals surface area (Å²) >= 11 is 0. The smallest absolute Gasteiger partial charge is 0.417 e. The highest BCUT2D eigenvalue weighted by Crippen LogP contribution is 2.44. The van der Waals surface area contributed by atoms with E-state index in [4.69, 9.17) is 19.7 Å². The van der Waals surface area contributed by atoms with Crippen LogP contribution in [0.3, 0.4) is 0 Å². The first-order valence-corrected chi connectivity index (χ1v) is 20.5. The number of benzene rings is 6. The number of aromatic nitrogens is 4. The summed E-state index contributed by atoms with van der Waals surface area (Å²) in [5.74, 6) is 2.06. The van der Waals surface area contributed by atoms with Gasteiger partial charge in [-0.05, 0) is 64.4 Å². The fraction of sp³-hybridized carbons (Fsp3) is 0.0755. The Hall–Kier alpha value is -7.79. The van der Waals surface area contributed by atoms with Crippen LogP contribution in [0, 0.1) is 0 Å². The minimum absolute atomic E-state index is 0.102. The summed E-state index contributed by atoms with van der Waals surface area (Å²) in [5, 5.41) is 3.51. The molecule has 11 rings (SSSR count). The highest BCUT2D eigenvalue weighted by Gasteiger charge is 2.38. The van der Waals surface area contributed by atoms with Gasteiger partial charge in [-0.2, -0.15) is 26.3 Å². The van der Waals surface area contributed by atoms with E-state index in [0.29, 0.717) is 46.7 Å². The van der Waals surface area contributed by atoms with Crippen molar-refractivity contribution in [1.29, 1.82) is 0 Å². The second kappa shape index (κ2) is 14.9. The number of halogens is 6. The molecule has 0 N–H and O–H groups in total. The van der Waals surface area contributed by atoms with Crippen LogP contribution >= 0.6 is 0 Å². The molecular formula is C53H32F6N4O. The van der Waals surface area contributed by atoms with E-state index in [-0.39, 0.29) is 23.3 Å². The zero-order valence-electron chi connectivity index (χ0n) is 33.5. The fourth-order valence-electron chi connectivity index (χ4n) is 8.94. The minimum atomic E-state index is -5.07. The van der Waals surface area contributed by atoms with Gasteiger partial charge in [0.15, 0.2) is 17.5 Å². The van der Waals surface area contributed by atoms with Crippen LogP contribution in [0.5, 0.6) is 5.75 Å². The van der Waals surface area contributed by atoms with E-state index >= 15 is 0 Å². The lowest BCUT2D eigenvalue weighted by atomic mass is 9.92. The number of ether oxygens (including phenoxy) is 1. The van der Waals surface area contributed by atoms with Crippen LogP contribution in [0.1, 0.15) is 23.4 Å². The molecular weight excluding hydrogens is 823 g/mol. The number of alkyl halides is 6. The van der Waals surface area contributed by atoms with Gasteiger partial charge in [-0.15, -0.1) is 0 Å². The molecule has 8 aromatic rings. The van der Waals surface area contributed by atoms with Crippen molar-refractivity contribution in [3.05, 3.63) is 203 Å². The van der Waals surface area contributed by atoms with E-state index in [9.17, 15) is 26.3 Å². The van der Waals surface area contributed by atoms with Crippen LogP contribution in [-0.2, 0) is 12.4 Å². The number of hydrogen-bond acceptors (Lipinski definition) is 4. The van der Waals surface area contributed by atoms with Crippen molar-refractivity contribution < 1.29 is 31.1 Å². The molecule has 1 aliphatic heterocycles. The average Bonchev–Trinajstić information content (AvgIpc) is 3.87. The molecule has 0 saturated carbocycles. The molecule has 0 fully saturated rings. The maximum atomic E-state index is 14.6. The normalized spacial score (nSPS) is 16.7. The number of allylic oxidation sites excluding steroid dienone is 6. The number of fused-ring (bicyclic) bond motifs is 5. The van der Waals surface area contributed by atoms with Crippen LogP contribution in [-0.4, -0.2) is 25.6 Å². The number of nitrogens with zero attached hydrogens (tertiary/aromatic N) is 4. The molecule has 0 bridgehead atoms. The summed E-state index contributed by atoms with van der Waals surface area (Å²) in [6.07, 6.45) is 2.14. The third-order valence-electron chi connectivity index (χ3n) is 11.9. The molecule has 3 aliphatic rings. The molecule has 1 unspecified atom stereocenters. The van der Waals surface area contributed by atoms with Gasteiger partial charge in [-0.1, -0.05) is 133 Å². The van der Waals surface area contributed by atoms with Gasteiger partial charge in [0.2, 0.25) is 0 Å². The van der Waals surface area contributed by atoms with Crippen molar-refractivity contribution in [3.63, 3.8) is 0 Å². The quantitative estimate of drug-likeness (QED) is 0.162. The Balaban J connectivity index is 1.21. The van der Waals surface area contributed by atoms with Crippen molar-refractivity contribution in [1.82, 2.24) is 19.5 Å². The zero-order chi connectivity index (χ0) is 43.7. The monoisotopic (exact) mass is 854 g/mol. The van der Waals surface area contributed by atoms with Crippen molar-refractivity contribution in [2.45, 2.75) is 24.9 Å². The van der Waals surface area contributed by atoms with Crippen LogP contribution in [0.25, 0.3) is 78.1 Å². The van der Waals surface area contributed by atoms with Crippen molar-refractivity contribution >= 4 is 44.2 Å². The highest BCUT2D eigenvalue weighted by molar-refractivity contribution is 6.13. The Morgan fingerprint density at radius 1 is 0.562 bits per heavy atom. The van der Waals surface area contributed by atoms with Crippen molar-refractivity contribution in [2.75, 3.05) is 0 Å². The maximum Gasteiger partial charge on any atom is 0.417 e. The van der Waals surface area contributed by atoms with Crippen molar-refractivity contribution in [3.8, 4) is 39.7 Å². The molecule has 0 saturated heterocycles. The summed E-state index contributed by atoms with van der Waals surface area (Å²) in [7, 11) is 0. The van der Waals surface area contributed by atoms with Crippen LogP contribution < -0.4 is 15.2 Å². The molecule has 3 heterocycles. The van der Waals surface area contributed by atoms with Gasteiger partial charge < -0.3 is 9.30 Å². The second-order valence-electron chi connectivity index (χ2n) is 15.7. The van der Waals surface area contributed by atoms with Crippen LogP contribution in [0.2, 0.25) is 0 Å². The Morgan fingerprint density at radius 3 is 1.97 bits per heavy atom. The fourth-order valence-corrected chi connectivity index (χ4v) is 8.94. The lowest BCUT2D eigenvalue weighted by molar-refractivity contribution is -0.142. The van der Waals surface area contributed by atoms with E-state index < -0.39 is 23.5 Å². The molecule has 11 heteroatoms. The minimum Gasteiger partial charge on any atom is -0.481 e. The Bertz CT molecular complexity index is 3410. The molecule has 0 amide bonds. The Kier molecular flexibility index (Phi) is 9.12. The van der Waals surface area contributed by atoms with E-state index in [1.165, 1.54) is 6.07 Å². The predicted molar refractivity (Wildman–Crippen MR) is 238 cm³/mol. The summed E-state index contributed by atoms with van der Waals surface area (Å²) in [6.45, 7) is 0. The molecule has 5 nitrogen and oxygen atoms in total. The lowest BCUT2D eigenvalue weighted by Crippen LogP contribution is -2.28. The standard InChI is InChI=1S/C53H32F6N4O/c54-52(55,56)35-24-26-36(42(30-35)53(57,58)59)34-22-25-39-38-16-7-9-19-43(38)63(45(39)29-34)44-27-23-33(37-18-11-21-47-48(37)40-17-8-10-20-46(40)64-47)28-41(44)51-61-49(31-12-3-1-4-13-31)60-50(62-51)32-14-5-2-6-15-32/h1-27,29-30,46H,28H2. The number of para-hydroxylation sites is 1. The van der Waals surface area contributed by atoms with E-state index in [0.717, 1.165) is 60.8 Å².